The molecule has 1 unspecified atom stereocenters. The maximum atomic E-state index is 12.4. The summed E-state index contributed by atoms with van der Waals surface area (Å²) in [5, 5.41) is 0. The summed E-state index contributed by atoms with van der Waals surface area (Å²) in [6.07, 6.45) is -4.77. The van der Waals surface area contributed by atoms with Crippen molar-refractivity contribution in [3.63, 3.8) is 0 Å². The molecule has 1 atom stereocenters. The van der Waals surface area contributed by atoms with Gasteiger partial charge < -0.3 is 9.47 Å². The molecule has 2 nitrogen and oxygen atoms in total. The van der Waals surface area contributed by atoms with Crippen molar-refractivity contribution in [2.24, 2.45) is 0 Å². The summed E-state index contributed by atoms with van der Waals surface area (Å²) in [4.78, 5) is 0. The number of hydrogen-bond acceptors (Lipinski definition) is 2. The Kier molecular flexibility index (Phi) is 7.80. The van der Waals surface area contributed by atoms with Crippen molar-refractivity contribution >= 4 is 23.2 Å². The van der Waals surface area contributed by atoms with Crippen LogP contribution < -0.4 is 0 Å². The first-order valence-corrected chi connectivity index (χ1v) is 6.18. The highest BCUT2D eigenvalue weighted by Crippen LogP contribution is 2.43. The Bertz CT molecular complexity index is 210. The van der Waals surface area contributed by atoms with E-state index >= 15 is 0 Å². The van der Waals surface area contributed by atoms with Crippen LogP contribution in [0.4, 0.5) is 13.2 Å². The molecule has 0 saturated heterocycles. The monoisotopic (exact) mass is 296 g/mol. The van der Waals surface area contributed by atoms with Gasteiger partial charge in [-0.2, -0.15) is 13.2 Å². The van der Waals surface area contributed by atoms with E-state index in [-0.39, 0.29) is 6.61 Å². The van der Waals surface area contributed by atoms with E-state index in [0.29, 0.717) is 6.61 Å². The minimum Gasteiger partial charge on any atom is -0.353 e. The molecule has 0 rings (SSSR count). The van der Waals surface area contributed by atoms with E-state index in [1.165, 1.54) is 0 Å². The zero-order valence-electron chi connectivity index (χ0n) is 9.82. The maximum Gasteiger partial charge on any atom is 0.421 e. The molecule has 0 spiro atoms. The molecule has 0 fully saturated rings. The largest absolute Gasteiger partial charge is 0.421 e. The fourth-order valence-corrected chi connectivity index (χ4v) is 1.29. The van der Waals surface area contributed by atoms with Crippen LogP contribution in [0.1, 0.15) is 33.1 Å². The third-order valence-electron chi connectivity index (χ3n) is 1.99. The van der Waals surface area contributed by atoms with Crippen LogP contribution in [0.3, 0.4) is 0 Å². The Labute approximate surface area is 109 Å². The molecule has 0 N–H and O–H groups in total. The van der Waals surface area contributed by atoms with E-state index in [4.69, 9.17) is 32.7 Å². The highest BCUT2D eigenvalue weighted by molar-refractivity contribution is 6.49. The Morgan fingerprint density at radius 2 is 1.71 bits per heavy atom. The van der Waals surface area contributed by atoms with Crippen molar-refractivity contribution in [2.45, 2.75) is 49.9 Å². The van der Waals surface area contributed by atoms with E-state index in [0.717, 1.165) is 12.8 Å². The van der Waals surface area contributed by atoms with Gasteiger partial charge in [0.25, 0.3) is 0 Å². The first-order valence-electron chi connectivity index (χ1n) is 5.42. The molecule has 0 bridgehead atoms. The van der Waals surface area contributed by atoms with E-state index in [1.807, 2.05) is 6.92 Å². The molecule has 0 heterocycles. The normalized spacial score (nSPS) is 15.0. The van der Waals surface area contributed by atoms with Crippen LogP contribution in [0.25, 0.3) is 0 Å². The summed E-state index contributed by atoms with van der Waals surface area (Å²) in [6, 6.07) is 0. The zero-order valence-corrected chi connectivity index (χ0v) is 11.3. The van der Waals surface area contributed by atoms with Gasteiger partial charge in [-0.15, -0.1) is 0 Å². The Morgan fingerprint density at radius 3 is 2.12 bits per heavy atom. The summed E-state index contributed by atoms with van der Waals surface area (Å²) in [7, 11) is 0. The number of ether oxygens (including phenoxy) is 2. The second kappa shape index (κ2) is 7.67. The lowest BCUT2D eigenvalue weighted by atomic mass is 10.2. The summed E-state index contributed by atoms with van der Waals surface area (Å²) in [5.74, 6) is 0. The first kappa shape index (κ1) is 17.3. The van der Waals surface area contributed by atoms with Gasteiger partial charge in [0.2, 0.25) is 4.33 Å². The van der Waals surface area contributed by atoms with Gasteiger partial charge in [0, 0.05) is 19.6 Å². The third kappa shape index (κ3) is 6.70. The molecule has 0 aliphatic carbocycles. The van der Waals surface area contributed by atoms with Gasteiger partial charge in [0.05, 0.1) is 0 Å². The molecule has 0 aromatic heterocycles. The second-order valence-electron chi connectivity index (χ2n) is 3.52. The standard InChI is InChI=1S/C10H17Cl2F3O2/c1-3-5-6-17-8(16-4-2)7-9(11,12)10(13,14)15/h8H,3-7H2,1-2H3. The topological polar surface area (TPSA) is 18.5 Å². The minimum absolute atomic E-state index is 0.235. The van der Waals surface area contributed by atoms with Gasteiger partial charge in [-0.1, -0.05) is 36.5 Å². The lowest BCUT2D eigenvalue weighted by molar-refractivity contribution is -0.184. The number of alkyl halides is 5. The molecule has 0 radical (unpaired) electrons. The number of halogens is 5. The van der Waals surface area contributed by atoms with Crippen molar-refractivity contribution in [3.8, 4) is 0 Å². The lowest BCUT2D eigenvalue weighted by Gasteiger charge is -2.27. The van der Waals surface area contributed by atoms with Crippen LogP contribution in [0.5, 0.6) is 0 Å². The van der Waals surface area contributed by atoms with Crippen molar-refractivity contribution in [3.05, 3.63) is 0 Å². The van der Waals surface area contributed by atoms with Crippen molar-refractivity contribution in [1.29, 1.82) is 0 Å². The predicted octanol–water partition coefficient (Wildman–Crippen LogP) is 4.29. The van der Waals surface area contributed by atoms with Crippen molar-refractivity contribution in [1.82, 2.24) is 0 Å². The van der Waals surface area contributed by atoms with Crippen LogP contribution in [0, 0.1) is 0 Å². The average Bonchev–Trinajstić information content (AvgIpc) is 2.16. The molecule has 0 aliphatic rings. The molecule has 0 aliphatic heterocycles. The van der Waals surface area contributed by atoms with Gasteiger partial charge in [-0.05, 0) is 13.3 Å². The highest BCUT2D eigenvalue weighted by Gasteiger charge is 2.53. The lowest BCUT2D eigenvalue weighted by Crippen LogP contribution is -2.39. The average molecular weight is 297 g/mol. The van der Waals surface area contributed by atoms with Crippen LogP contribution in [0.15, 0.2) is 0 Å². The number of unbranched alkanes of at least 4 members (excludes halogenated alkanes) is 1. The van der Waals surface area contributed by atoms with Crippen LogP contribution in [-0.4, -0.2) is 30.0 Å². The van der Waals surface area contributed by atoms with E-state index in [1.54, 1.807) is 6.92 Å². The van der Waals surface area contributed by atoms with Gasteiger partial charge in [0.15, 0.2) is 6.29 Å². The van der Waals surface area contributed by atoms with Gasteiger partial charge in [-0.25, -0.2) is 0 Å². The molecule has 0 aromatic carbocycles. The maximum absolute atomic E-state index is 12.4. The molecule has 0 amide bonds. The molecule has 104 valence electrons. The van der Waals surface area contributed by atoms with E-state index < -0.39 is 23.2 Å². The molecular formula is C10H17Cl2F3O2. The zero-order chi connectivity index (χ0) is 13.5. The molecule has 0 aromatic rings. The minimum atomic E-state index is -4.71. The Hall–Kier alpha value is 0.290. The Morgan fingerprint density at radius 1 is 1.12 bits per heavy atom. The van der Waals surface area contributed by atoms with Gasteiger partial charge >= 0.3 is 6.18 Å². The third-order valence-corrected chi connectivity index (χ3v) is 2.73. The summed E-state index contributed by atoms with van der Waals surface area (Å²) in [6.45, 7) is 4.16. The van der Waals surface area contributed by atoms with Crippen molar-refractivity contribution in [2.75, 3.05) is 13.2 Å². The van der Waals surface area contributed by atoms with Gasteiger partial charge in [0.1, 0.15) is 0 Å². The smallest absolute Gasteiger partial charge is 0.353 e. The Balaban J connectivity index is 4.32. The summed E-state index contributed by atoms with van der Waals surface area (Å²) >= 11 is 10.5. The SMILES string of the molecule is CCCCOC(CC(Cl)(Cl)C(F)(F)F)OCC. The quantitative estimate of drug-likeness (QED) is 0.378. The second-order valence-corrected chi connectivity index (χ2v) is 5.00. The van der Waals surface area contributed by atoms with E-state index in [9.17, 15) is 13.2 Å². The first-order chi connectivity index (χ1) is 7.74. The molecule has 17 heavy (non-hydrogen) atoms. The fourth-order valence-electron chi connectivity index (χ4n) is 1.04. The van der Waals surface area contributed by atoms with E-state index in [2.05, 4.69) is 0 Å². The fraction of sp³-hybridized carbons (Fsp3) is 1.00. The predicted molar refractivity (Wildman–Crippen MR) is 61.4 cm³/mol. The van der Waals surface area contributed by atoms with Crippen LogP contribution in [-0.2, 0) is 9.47 Å². The summed E-state index contributed by atoms with van der Waals surface area (Å²) < 4.78 is 44.7. The number of rotatable bonds is 8. The summed E-state index contributed by atoms with van der Waals surface area (Å²) in [5.41, 5.74) is 0. The molecule has 0 saturated carbocycles. The van der Waals surface area contributed by atoms with Crippen molar-refractivity contribution < 1.29 is 22.6 Å². The molecular weight excluding hydrogens is 280 g/mol. The number of hydrogen-bond donors (Lipinski definition) is 0. The molecule has 7 heteroatoms. The highest BCUT2D eigenvalue weighted by atomic mass is 35.5. The van der Waals surface area contributed by atoms with Crippen LogP contribution >= 0.6 is 23.2 Å². The van der Waals surface area contributed by atoms with Gasteiger partial charge in [-0.3, -0.25) is 0 Å². The van der Waals surface area contributed by atoms with Crippen LogP contribution in [0.2, 0.25) is 0 Å².